The zero-order valence-corrected chi connectivity index (χ0v) is 12.2. The molecule has 1 heterocycles. The number of phenolic OH excluding ortho intramolecular Hbond substituents is 1. The van der Waals surface area contributed by atoms with Crippen LogP contribution in [-0.4, -0.2) is 29.2 Å². The first-order chi connectivity index (χ1) is 8.30. The van der Waals surface area contributed by atoms with Gasteiger partial charge in [0.05, 0.1) is 11.0 Å². The summed E-state index contributed by atoms with van der Waals surface area (Å²) in [6.07, 6.45) is 0. The number of aromatic hydroxyl groups is 1. The molecule has 1 N–H and O–H groups in total. The molecule has 0 atom stereocenters. The Morgan fingerprint density at radius 3 is 2.50 bits per heavy atom. The third-order valence-corrected chi connectivity index (χ3v) is 5.44. The first kappa shape index (κ1) is 13.4. The van der Waals surface area contributed by atoms with Crippen LogP contribution in [0.5, 0.6) is 5.75 Å². The van der Waals surface area contributed by atoms with Gasteiger partial charge in [0.15, 0.2) is 0 Å². The van der Waals surface area contributed by atoms with E-state index in [9.17, 15) is 18.3 Å². The number of amides is 1. The van der Waals surface area contributed by atoms with Crippen molar-refractivity contribution >= 4 is 31.9 Å². The summed E-state index contributed by atoms with van der Waals surface area (Å²) < 4.78 is 25.0. The van der Waals surface area contributed by atoms with Crippen molar-refractivity contribution in [3.05, 3.63) is 23.3 Å². The van der Waals surface area contributed by atoms with Crippen molar-refractivity contribution in [2.24, 2.45) is 0 Å². The lowest BCUT2D eigenvalue weighted by Gasteiger charge is -2.10. The van der Waals surface area contributed by atoms with Gasteiger partial charge in [-0.2, -0.15) is 0 Å². The van der Waals surface area contributed by atoms with E-state index >= 15 is 0 Å². The number of alkyl halides is 1. The van der Waals surface area contributed by atoms with Gasteiger partial charge < -0.3 is 5.11 Å². The summed E-state index contributed by atoms with van der Waals surface area (Å²) >= 11 is 2.99. The van der Waals surface area contributed by atoms with Gasteiger partial charge in [-0.05, 0) is 17.5 Å². The van der Waals surface area contributed by atoms with Gasteiger partial charge in [0.25, 0.3) is 15.9 Å². The van der Waals surface area contributed by atoms with E-state index < -0.39 is 15.9 Å². The van der Waals surface area contributed by atoms with Crippen LogP contribution >= 0.6 is 15.9 Å². The van der Waals surface area contributed by atoms with E-state index in [-0.39, 0.29) is 27.6 Å². The molecular weight excluding hydrogens is 322 g/mol. The summed E-state index contributed by atoms with van der Waals surface area (Å²) in [5.74, 6) is -0.754. The van der Waals surface area contributed by atoms with Crippen LogP contribution in [0.25, 0.3) is 0 Å². The van der Waals surface area contributed by atoms with Crippen molar-refractivity contribution in [3.8, 4) is 5.75 Å². The minimum atomic E-state index is -3.85. The van der Waals surface area contributed by atoms with Gasteiger partial charge in [0, 0.05) is 6.07 Å². The van der Waals surface area contributed by atoms with Crippen LogP contribution in [0.15, 0.2) is 17.0 Å². The number of halogens is 1. The van der Waals surface area contributed by atoms with Crippen molar-refractivity contribution in [3.63, 3.8) is 0 Å². The topological polar surface area (TPSA) is 74.7 Å². The van der Waals surface area contributed by atoms with Gasteiger partial charge in [-0.15, -0.1) is 0 Å². The third kappa shape index (κ3) is 1.73. The summed E-state index contributed by atoms with van der Waals surface area (Å²) in [4.78, 5) is 12.0. The SMILES string of the molecule is CC(C)c1cc(O)cc2c1C(=O)N(CBr)S2(=O)=O. The fourth-order valence-corrected chi connectivity index (χ4v) is 4.43. The number of fused-ring (bicyclic) bond motifs is 1. The lowest BCUT2D eigenvalue weighted by Crippen LogP contribution is -2.28. The van der Waals surface area contributed by atoms with Gasteiger partial charge in [-0.3, -0.25) is 4.79 Å². The maximum atomic E-state index is 12.1. The molecule has 0 spiro atoms. The molecule has 0 saturated carbocycles. The number of sulfonamides is 1. The Morgan fingerprint density at radius 2 is 2.00 bits per heavy atom. The van der Waals surface area contributed by atoms with Gasteiger partial charge in [0.1, 0.15) is 10.6 Å². The monoisotopic (exact) mass is 333 g/mol. The predicted molar refractivity (Wildman–Crippen MR) is 69.3 cm³/mol. The van der Waals surface area contributed by atoms with Gasteiger partial charge in [0.2, 0.25) is 0 Å². The molecule has 1 aromatic carbocycles. The van der Waals surface area contributed by atoms with Crippen LogP contribution in [0.4, 0.5) is 0 Å². The van der Waals surface area contributed by atoms with Gasteiger partial charge in [-0.25, -0.2) is 12.7 Å². The number of carbonyl (C=O) groups excluding carboxylic acids is 1. The number of hydrogen-bond acceptors (Lipinski definition) is 4. The van der Waals surface area contributed by atoms with Crippen LogP contribution < -0.4 is 0 Å². The Bertz CT molecular complexity index is 624. The summed E-state index contributed by atoms with van der Waals surface area (Å²) in [6.45, 7) is 3.68. The minimum Gasteiger partial charge on any atom is -0.508 e. The minimum absolute atomic E-state index is 0.0553. The Morgan fingerprint density at radius 1 is 1.39 bits per heavy atom. The molecule has 0 fully saturated rings. The summed E-state index contributed by atoms with van der Waals surface area (Å²) in [5.41, 5.74) is 0.616. The van der Waals surface area contributed by atoms with Crippen molar-refractivity contribution in [2.75, 3.05) is 5.45 Å². The Hall–Kier alpha value is -1.08. The van der Waals surface area contributed by atoms with Gasteiger partial charge >= 0.3 is 0 Å². The molecule has 1 aliphatic heterocycles. The van der Waals surface area contributed by atoms with Crippen LogP contribution in [0, 0.1) is 0 Å². The molecule has 0 saturated heterocycles. The number of hydrogen-bond donors (Lipinski definition) is 1. The van der Waals surface area contributed by atoms with Crippen molar-refractivity contribution in [1.29, 1.82) is 0 Å². The van der Waals surface area contributed by atoms with E-state index in [0.29, 0.717) is 5.56 Å². The molecule has 1 amide bonds. The molecule has 0 radical (unpaired) electrons. The lowest BCUT2D eigenvalue weighted by molar-refractivity contribution is 0.0886. The Balaban J connectivity index is 2.83. The Kier molecular flexibility index (Phi) is 3.14. The molecule has 1 aromatic rings. The van der Waals surface area contributed by atoms with Crippen molar-refractivity contribution in [1.82, 2.24) is 4.31 Å². The van der Waals surface area contributed by atoms with Crippen LogP contribution in [0.3, 0.4) is 0 Å². The zero-order chi connectivity index (χ0) is 13.7. The summed E-state index contributed by atoms with van der Waals surface area (Å²) in [5, 5.41) is 9.60. The molecule has 98 valence electrons. The standard InChI is InChI=1S/C11H12BrNO4S/c1-6(2)8-3-7(14)4-9-10(8)11(15)13(5-12)18(9,16)17/h3-4,6,14H,5H2,1-2H3. The van der Waals surface area contributed by atoms with Gasteiger partial charge in [-0.1, -0.05) is 29.8 Å². The quantitative estimate of drug-likeness (QED) is 0.663. The molecule has 0 aliphatic carbocycles. The second kappa shape index (κ2) is 4.24. The predicted octanol–water partition coefficient (Wildman–Crippen LogP) is 2.01. The van der Waals surface area contributed by atoms with Crippen molar-refractivity contribution in [2.45, 2.75) is 24.7 Å². The molecule has 5 nitrogen and oxygen atoms in total. The van der Waals surface area contributed by atoms with E-state index in [1.165, 1.54) is 6.07 Å². The van der Waals surface area contributed by atoms with Crippen molar-refractivity contribution < 1.29 is 18.3 Å². The fourth-order valence-electron chi connectivity index (χ4n) is 1.98. The number of rotatable bonds is 2. The maximum Gasteiger partial charge on any atom is 0.270 e. The smallest absolute Gasteiger partial charge is 0.270 e. The molecule has 0 bridgehead atoms. The second-order valence-corrected chi connectivity index (χ2v) is 6.67. The Labute approximate surface area is 114 Å². The molecule has 1 aliphatic rings. The molecule has 0 unspecified atom stereocenters. The van der Waals surface area contributed by atoms with Crippen LogP contribution in [-0.2, 0) is 10.0 Å². The number of nitrogens with zero attached hydrogens (tertiary/aromatic N) is 1. The number of benzene rings is 1. The summed E-state index contributed by atoms with van der Waals surface area (Å²) in [7, 11) is -3.85. The largest absolute Gasteiger partial charge is 0.508 e. The van der Waals surface area contributed by atoms with E-state index in [1.54, 1.807) is 0 Å². The van der Waals surface area contributed by atoms with Crippen LogP contribution in [0.1, 0.15) is 35.7 Å². The molecular formula is C11H12BrNO4S. The number of phenols is 1. The lowest BCUT2D eigenvalue weighted by atomic mass is 9.96. The highest BCUT2D eigenvalue weighted by molar-refractivity contribution is 9.09. The van der Waals surface area contributed by atoms with Crippen LogP contribution in [0.2, 0.25) is 0 Å². The maximum absolute atomic E-state index is 12.1. The first-order valence-corrected chi connectivity index (χ1v) is 7.86. The molecule has 7 heteroatoms. The molecule has 18 heavy (non-hydrogen) atoms. The highest BCUT2D eigenvalue weighted by Gasteiger charge is 2.42. The normalized spacial score (nSPS) is 17.3. The second-order valence-electron chi connectivity index (χ2n) is 4.34. The summed E-state index contributed by atoms with van der Waals surface area (Å²) in [6, 6.07) is 2.56. The number of carbonyl (C=O) groups is 1. The highest BCUT2D eigenvalue weighted by Crippen LogP contribution is 2.38. The van der Waals surface area contributed by atoms with E-state index in [4.69, 9.17) is 0 Å². The molecule has 0 aromatic heterocycles. The first-order valence-electron chi connectivity index (χ1n) is 5.30. The van der Waals surface area contributed by atoms with E-state index in [1.807, 2.05) is 13.8 Å². The molecule has 2 rings (SSSR count). The zero-order valence-electron chi connectivity index (χ0n) is 9.84. The third-order valence-electron chi connectivity index (χ3n) is 2.86. The van der Waals surface area contributed by atoms with E-state index in [0.717, 1.165) is 10.4 Å². The fraction of sp³-hybridized carbons (Fsp3) is 0.364. The van der Waals surface area contributed by atoms with E-state index in [2.05, 4.69) is 15.9 Å². The average Bonchev–Trinajstić information content (AvgIpc) is 2.45. The highest BCUT2D eigenvalue weighted by atomic mass is 79.9. The average molecular weight is 334 g/mol.